The molecule has 0 atom stereocenters. The number of aromatic nitrogens is 2. The second kappa shape index (κ2) is 7.30. The number of aryl methyl sites for hydroxylation is 1. The van der Waals surface area contributed by atoms with E-state index >= 15 is 0 Å². The van der Waals surface area contributed by atoms with Crippen LogP contribution in [-0.4, -0.2) is 52.1 Å². The summed E-state index contributed by atoms with van der Waals surface area (Å²) in [5.74, 6) is 0.0274. The minimum absolute atomic E-state index is 0.0274. The fourth-order valence-electron chi connectivity index (χ4n) is 3.56. The van der Waals surface area contributed by atoms with Crippen LogP contribution in [0.4, 0.5) is 0 Å². The predicted molar refractivity (Wildman–Crippen MR) is 103 cm³/mol. The highest BCUT2D eigenvalue weighted by Crippen LogP contribution is 2.18. The van der Waals surface area contributed by atoms with Gasteiger partial charge in [-0.1, -0.05) is 48.0 Å². The highest BCUT2D eigenvalue weighted by Gasteiger charge is 2.23. The molecule has 134 valence electrons. The highest BCUT2D eigenvalue weighted by molar-refractivity contribution is 6.04. The maximum absolute atomic E-state index is 13.0. The molecular weight excluding hydrogens is 324 g/mol. The van der Waals surface area contributed by atoms with Crippen molar-refractivity contribution in [2.75, 3.05) is 26.2 Å². The van der Waals surface area contributed by atoms with Crippen LogP contribution in [0.1, 0.15) is 28.0 Å². The summed E-state index contributed by atoms with van der Waals surface area (Å²) in [6.45, 7) is 6.48. The quantitative estimate of drug-likeness (QED) is 0.791. The van der Waals surface area contributed by atoms with E-state index in [0.29, 0.717) is 5.69 Å². The molecule has 4 rings (SSSR count). The van der Waals surface area contributed by atoms with Crippen molar-refractivity contribution in [1.29, 1.82) is 0 Å². The number of carbonyl (C=O) groups excluding carboxylic acids is 1. The molecule has 1 amide bonds. The number of fused-ring (bicyclic) bond motifs is 1. The number of nitrogens with one attached hydrogen (secondary N) is 1. The molecule has 0 unspecified atom stereocenters. The maximum atomic E-state index is 13.0. The van der Waals surface area contributed by atoms with E-state index < -0.39 is 0 Å². The average molecular weight is 348 g/mol. The lowest BCUT2D eigenvalue weighted by Crippen LogP contribution is -2.35. The zero-order valence-corrected chi connectivity index (χ0v) is 15.1. The molecule has 0 bridgehead atoms. The van der Waals surface area contributed by atoms with E-state index in [4.69, 9.17) is 0 Å². The first-order valence-electron chi connectivity index (χ1n) is 9.21. The molecule has 0 aliphatic carbocycles. The first-order chi connectivity index (χ1) is 12.7. The highest BCUT2D eigenvalue weighted by atomic mass is 16.2. The third-order valence-electron chi connectivity index (χ3n) is 5.08. The molecule has 1 saturated heterocycles. The Hall–Kier alpha value is -2.66. The fraction of sp³-hybridized carbons (Fsp3) is 0.333. The lowest BCUT2D eigenvalue weighted by atomic mass is 10.1. The zero-order valence-electron chi connectivity index (χ0n) is 15.1. The minimum atomic E-state index is 0.0274. The van der Waals surface area contributed by atoms with E-state index in [-0.39, 0.29) is 5.91 Å². The van der Waals surface area contributed by atoms with E-state index in [2.05, 4.69) is 46.3 Å². The van der Waals surface area contributed by atoms with Crippen molar-refractivity contribution in [2.24, 2.45) is 0 Å². The van der Waals surface area contributed by atoms with Gasteiger partial charge in [-0.05, 0) is 25.0 Å². The molecule has 0 radical (unpaired) electrons. The molecule has 0 saturated carbocycles. The van der Waals surface area contributed by atoms with Gasteiger partial charge < -0.3 is 4.90 Å². The van der Waals surface area contributed by atoms with Crippen LogP contribution in [0.25, 0.3) is 10.9 Å². The summed E-state index contributed by atoms with van der Waals surface area (Å²) in [5.41, 5.74) is 4.06. The van der Waals surface area contributed by atoms with E-state index in [1.807, 2.05) is 29.2 Å². The predicted octanol–water partition coefficient (Wildman–Crippen LogP) is 3.22. The number of amides is 1. The Morgan fingerprint density at radius 3 is 2.69 bits per heavy atom. The molecule has 26 heavy (non-hydrogen) atoms. The summed E-state index contributed by atoms with van der Waals surface area (Å²) in [6.07, 6.45) is 0.986. The van der Waals surface area contributed by atoms with Crippen molar-refractivity contribution in [3.8, 4) is 0 Å². The van der Waals surface area contributed by atoms with Gasteiger partial charge in [-0.15, -0.1) is 0 Å². The third-order valence-corrected chi connectivity index (χ3v) is 5.08. The number of benzene rings is 2. The smallest absolute Gasteiger partial charge is 0.275 e. The van der Waals surface area contributed by atoms with Crippen LogP contribution in [0, 0.1) is 6.92 Å². The molecule has 5 heteroatoms. The second-order valence-corrected chi connectivity index (χ2v) is 7.03. The maximum Gasteiger partial charge on any atom is 0.275 e. The third kappa shape index (κ3) is 3.48. The number of nitrogens with zero attached hydrogens (tertiary/aromatic N) is 3. The van der Waals surface area contributed by atoms with Gasteiger partial charge in [-0.3, -0.25) is 14.8 Å². The summed E-state index contributed by atoms with van der Waals surface area (Å²) in [4.78, 5) is 17.3. The molecule has 1 aromatic heterocycles. The van der Waals surface area contributed by atoms with Crippen LogP contribution in [0.3, 0.4) is 0 Å². The van der Waals surface area contributed by atoms with Gasteiger partial charge in [-0.25, -0.2) is 0 Å². The lowest BCUT2D eigenvalue weighted by molar-refractivity contribution is 0.0757. The Bertz CT molecular complexity index is 900. The Kier molecular flexibility index (Phi) is 4.71. The van der Waals surface area contributed by atoms with Crippen molar-refractivity contribution in [3.63, 3.8) is 0 Å². The first-order valence-corrected chi connectivity index (χ1v) is 9.21. The molecule has 5 nitrogen and oxygen atoms in total. The Balaban J connectivity index is 1.43. The van der Waals surface area contributed by atoms with Gasteiger partial charge in [0.1, 0.15) is 0 Å². The van der Waals surface area contributed by atoms with Crippen molar-refractivity contribution < 1.29 is 4.79 Å². The van der Waals surface area contributed by atoms with Crippen LogP contribution >= 0.6 is 0 Å². The normalized spacial score (nSPS) is 16.0. The minimum Gasteiger partial charge on any atom is -0.336 e. The average Bonchev–Trinajstić information content (AvgIpc) is 2.95. The molecule has 1 aliphatic rings. The van der Waals surface area contributed by atoms with Crippen molar-refractivity contribution >= 4 is 16.8 Å². The summed E-state index contributed by atoms with van der Waals surface area (Å²) in [6, 6.07) is 16.5. The molecule has 3 aromatic rings. The number of para-hydroxylation sites is 1. The van der Waals surface area contributed by atoms with Crippen molar-refractivity contribution in [2.45, 2.75) is 19.9 Å². The van der Waals surface area contributed by atoms with Gasteiger partial charge in [0.15, 0.2) is 5.69 Å². The van der Waals surface area contributed by atoms with Gasteiger partial charge in [0.2, 0.25) is 0 Å². The van der Waals surface area contributed by atoms with Gasteiger partial charge >= 0.3 is 0 Å². The number of hydrogen-bond donors (Lipinski definition) is 1. The standard InChI is InChI=1S/C21H24N4O/c1-16-7-9-17(10-8-16)15-24-11-4-12-25(14-13-24)21(26)20-18-5-2-3-6-19(18)22-23-20/h2-3,5-10H,4,11-15H2,1H3,(H,22,23). The number of hydrogen-bond acceptors (Lipinski definition) is 3. The molecule has 2 heterocycles. The molecule has 1 N–H and O–H groups in total. The van der Waals surface area contributed by atoms with Crippen LogP contribution in [0.2, 0.25) is 0 Å². The molecule has 2 aromatic carbocycles. The number of H-pyrrole nitrogens is 1. The van der Waals surface area contributed by atoms with Crippen LogP contribution < -0.4 is 0 Å². The van der Waals surface area contributed by atoms with Crippen molar-refractivity contribution in [3.05, 3.63) is 65.4 Å². The zero-order chi connectivity index (χ0) is 17.9. The van der Waals surface area contributed by atoms with Crippen LogP contribution in [-0.2, 0) is 6.54 Å². The lowest BCUT2D eigenvalue weighted by Gasteiger charge is -2.21. The first kappa shape index (κ1) is 16.8. The summed E-state index contributed by atoms with van der Waals surface area (Å²) in [5, 5.41) is 8.13. The Morgan fingerprint density at radius 2 is 1.85 bits per heavy atom. The number of rotatable bonds is 3. The van der Waals surface area contributed by atoms with E-state index in [1.54, 1.807) is 0 Å². The van der Waals surface area contributed by atoms with Gasteiger partial charge in [0, 0.05) is 38.1 Å². The van der Waals surface area contributed by atoms with Crippen LogP contribution in [0.5, 0.6) is 0 Å². The van der Waals surface area contributed by atoms with Crippen molar-refractivity contribution in [1.82, 2.24) is 20.0 Å². The van der Waals surface area contributed by atoms with E-state index in [9.17, 15) is 4.79 Å². The van der Waals surface area contributed by atoms with Gasteiger partial charge in [0.25, 0.3) is 5.91 Å². The fourth-order valence-corrected chi connectivity index (χ4v) is 3.56. The number of aromatic amines is 1. The van der Waals surface area contributed by atoms with E-state index in [1.165, 1.54) is 11.1 Å². The largest absolute Gasteiger partial charge is 0.336 e. The van der Waals surface area contributed by atoms with Crippen LogP contribution in [0.15, 0.2) is 48.5 Å². The van der Waals surface area contributed by atoms with E-state index in [0.717, 1.165) is 50.0 Å². The Labute approximate surface area is 153 Å². The SMILES string of the molecule is Cc1ccc(CN2CCCN(C(=O)c3n[nH]c4ccccc34)CC2)cc1. The number of carbonyl (C=O) groups is 1. The topological polar surface area (TPSA) is 52.2 Å². The second-order valence-electron chi connectivity index (χ2n) is 7.03. The summed E-state index contributed by atoms with van der Waals surface area (Å²) >= 11 is 0. The molecule has 1 aliphatic heterocycles. The Morgan fingerprint density at radius 1 is 1.04 bits per heavy atom. The molecule has 0 spiro atoms. The molecule has 1 fully saturated rings. The molecular formula is C21H24N4O. The van der Waals surface area contributed by atoms with Gasteiger partial charge in [0.05, 0.1) is 5.52 Å². The monoisotopic (exact) mass is 348 g/mol. The summed E-state index contributed by atoms with van der Waals surface area (Å²) < 4.78 is 0. The summed E-state index contributed by atoms with van der Waals surface area (Å²) in [7, 11) is 0. The van der Waals surface area contributed by atoms with Gasteiger partial charge in [-0.2, -0.15) is 5.10 Å².